The fraction of sp³-hybridized carbons (Fsp3) is 0.245. The standard InChI is InChI=1S/C53H53N5O8S/c59-48-34-66-41-26-20-38(21-27-41)32-46(51(62)56-44(53(64)65)29-23-36-13-6-2-7-14-36)57-49(60)43(28-22-35-11-4-1-5-12-35)55-50(61)45(58-52(63)47(54-48)33-42-17-10-30-67-42)31-37-18-24-40(25-19-37)39-15-8-3-9-16-39/h1-21,24-27,30,43-47H,22-23,28-29,31-34H2,(H,54,59)(H,55,61)(H,56,62)(H,57,60)(H,58,63)(H,64,65)/t43-,44+,45+,46-,47-/m0/s1. The second kappa shape index (κ2) is 23.6. The zero-order chi connectivity index (χ0) is 47.0. The number of carbonyl (C=O) groups is 6. The monoisotopic (exact) mass is 919 g/mol. The zero-order valence-electron chi connectivity index (χ0n) is 36.8. The summed E-state index contributed by atoms with van der Waals surface area (Å²) in [5.41, 5.74) is 5.07. The number of carbonyl (C=O) groups excluding carboxylic acids is 5. The smallest absolute Gasteiger partial charge is 0.326 e. The molecule has 0 fully saturated rings. The van der Waals surface area contributed by atoms with Gasteiger partial charge in [0, 0.05) is 24.1 Å². The van der Waals surface area contributed by atoms with Gasteiger partial charge in [-0.05, 0) is 82.6 Å². The number of aliphatic carboxylic acids is 1. The fourth-order valence-corrected chi connectivity index (χ4v) is 8.58. The average Bonchev–Trinajstić information content (AvgIpc) is 3.87. The summed E-state index contributed by atoms with van der Waals surface area (Å²) in [6.07, 6.45) is 1.07. The molecule has 5 amide bonds. The van der Waals surface area contributed by atoms with Gasteiger partial charge in [-0.25, -0.2) is 4.79 Å². The van der Waals surface area contributed by atoms with Crippen LogP contribution in [0.4, 0.5) is 0 Å². The number of carboxylic acids is 1. The van der Waals surface area contributed by atoms with E-state index in [1.54, 1.807) is 24.3 Å². The van der Waals surface area contributed by atoms with Gasteiger partial charge in [-0.2, -0.15) is 0 Å². The van der Waals surface area contributed by atoms with E-state index in [1.807, 2.05) is 133 Å². The van der Waals surface area contributed by atoms with Crippen LogP contribution < -0.4 is 31.3 Å². The minimum atomic E-state index is -1.28. The predicted octanol–water partition coefficient (Wildman–Crippen LogP) is 5.61. The zero-order valence-corrected chi connectivity index (χ0v) is 37.6. The summed E-state index contributed by atoms with van der Waals surface area (Å²) >= 11 is 1.42. The Labute approximate surface area is 393 Å². The molecule has 2 aliphatic rings. The fourth-order valence-electron chi connectivity index (χ4n) is 7.83. The van der Waals surface area contributed by atoms with E-state index < -0.39 is 72.3 Å². The summed E-state index contributed by atoms with van der Waals surface area (Å²) in [4.78, 5) is 84.6. The number of ether oxygens (including phenoxy) is 1. The SMILES string of the molecule is O=C1COc2ccc(cc2)C[C@@H](C(=O)N[C@H](CCc2ccccc2)C(=O)O)NC(=O)[C@H](CCc2ccccc2)NC(=O)[C@@H](Cc2ccc(-c3ccccc3)cc2)NC(=O)[C@H](Cc2cccs2)N1. The third-order valence-corrected chi connectivity index (χ3v) is 12.4. The lowest BCUT2D eigenvalue weighted by Gasteiger charge is -2.27. The number of aryl methyl sites for hydroxylation is 2. The summed E-state index contributed by atoms with van der Waals surface area (Å²) < 4.78 is 5.81. The molecule has 67 heavy (non-hydrogen) atoms. The molecule has 14 heteroatoms. The van der Waals surface area contributed by atoms with E-state index in [4.69, 9.17) is 4.74 Å². The van der Waals surface area contributed by atoms with E-state index in [0.29, 0.717) is 24.2 Å². The Balaban J connectivity index is 1.21. The summed E-state index contributed by atoms with van der Waals surface area (Å²) in [5.74, 6) is -4.16. The van der Waals surface area contributed by atoms with Crippen LogP contribution in [-0.2, 0) is 60.9 Å². The highest BCUT2D eigenvalue weighted by Crippen LogP contribution is 2.21. The number of thiophene rings is 1. The number of nitrogens with one attached hydrogen (secondary N) is 5. The molecule has 8 rings (SSSR count). The molecule has 5 atom stereocenters. The summed E-state index contributed by atoms with van der Waals surface area (Å²) in [6, 6.07) is 40.3. The first-order valence-corrected chi connectivity index (χ1v) is 23.1. The molecule has 0 unspecified atom stereocenters. The number of rotatable bonds is 14. The molecule has 6 N–H and O–H groups in total. The highest BCUT2D eigenvalue weighted by molar-refractivity contribution is 7.09. The third-order valence-electron chi connectivity index (χ3n) is 11.5. The first-order valence-electron chi connectivity index (χ1n) is 22.3. The molecule has 5 aromatic carbocycles. The van der Waals surface area contributed by atoms with Crippen molar-refractivity contribution in [3.63, 3.8) is 0 Å². The molecular formula is C53H53N5O8S. The molecule has 0 aliphatic carbocycles. The van der Waals surface area contributed by atoms with Gasteiger partial charge in [-0.15, -0.1) is 11.3 Å². The van der Waals surface area contributed by atoms with Gasteiger partial charge in [-0.1, -0.05) is 133 Å². The number of benzene rings is 5. The highest BCUT2D eigenvalue weighted by Gasteiger charge is 2.33. The number of fused-ring (bicyclic) bond motifs is 16. The number of hydrogen-bond acceptors (Lipinski definition) is 8. The van der Waals surface area contributed by atoms with Crippen molar-refractivity contribution >= 4 is 46.8 Å². The molecule has 0 spiro atoms. The van der Waals surface area contributed by atoms with Crippen molar-refractivity contribution < 1.29 is 38.6 Å². The van der Waals surface area contributed by atoms with Crippen LogP contribution in [0.3, 0.4) is 0 Å². The Morgan fingerprint density at radius 1 is 0.612 bits per heavy atom. The van der Waals surface area contributed by atoms with Crippen molar-refractivity contribution in [1.82, 2.24) is 26.6 Å². The third kappa shape index (κ3) is 14.2. The minimum Gasteiger partial charge on any atom is -0.484 e. The van der Waals surface area contributed by atoms with Gasteiger partial charge < -0.3 is 36.4 Å². The number of carboxylic acid groups (broad SMARTS) is 1. The maximum absolute atomic E-state index is 14.7. The van der Waals surface area contributed by atoms with Gasteiger partial charge in [0.2, 0.25) is 23.6 Å². The normalized spacial score (nSPS) is 18.6. The van der Waals surface area contributed by atoms with Crippen molar-refractivity contribution in [3.05, 3.63) is 184 Å². The maximum Gasteiger partial charge on any atom is 0.326 e. The molecule has 1 aromatic heterocycles. The van der Waals surface area contributed by atoms with Gasteiger partial charge >= 0.3 is 5.97 Å². The average molecular weight is 920 g/mol. The first kappa shape index (κ1) is 47.4. The topological polar surface area (TPSA) is 192 Å². The predicted molar refractivity (Wildman–Crippen MR) is 256 cm³/mol. The van der Waals surface area contributed by atoms with Crippen LogP contribution in [0.1, 0.15) is 40.0 Å². The quantitative estimate of drug-likeness (QED) is 0.0760. The lowest BCUT2D eigenvalue weighted by molar-refractivity contribution is -0.142. The molecule has 3 heterocycles. The number of hydrogen-bond donors (Lipinski definition) is 6. The van der Waals surface area contributed by atoms with E-state index >= 15 is 0 Å². The Hall–Kier alpha value is -7.58. The van der Waals surface area contributed by atoms with Gasteiger partial charge in [0.25, 0.3) is 5.91 Å². The van der Waals surface area contributed by atoms with Crippen molar-refractivity contribution in [3.8, 4) is 16.9 Å². The summed E-state index contributed by atoms with van der Waals surface area (Å²) in [7, 11) is 0. The largest absolute Gasteiger partial charge is 0.484 e. The second-order valence-electron chi connectivity index (χ2n) is 16.4. The molecule has 344 valence electrons. The molecule has 2 bridgehead atoms. The highest BCUT2D eigenvalue weighted by atomic mass is 32.1. The van der Waals surface area contributed by atoms with Crippen molar-refractivity contribution in [2.45, 2.75) is 75.2 Å². The molecule has 6 aromatic rings. The van der Waals surface area contributed by atoms with Crippen LogP contribution in [-0.4, -0.2) is 77.4 Å². The van der Waals surface area contributed by atoms with Gasteiger partial charge in [0.05, 0.1) is 0 Å². The second-order valence-corrected chi connectivity index (χ2v) is 17.5. The van der Waals surface area contributed by atoms with Gasteiger partial charge in [0.1, 0.15) is 36.0 Å². The van der Waals surface area contributed by atoms with E-state index in [0.717, 1.165) is 32.7 Å². The van der Waals surface area contributed by atoms with Crippen molar-refractivity contribution in [2.75, 3.05) is 6.61 Å². The van der Waals surface area contributed by atoms with Crippen molar-refractivity contribution in [2.24, 2.45) is 0 Å². The van der Waals surface area contributed by atoms with Gasteiger partial charge in [-0.3, -0.25) is 24.0 Å². The van der Waals surface area contributed by atoms with Gasteiger partial charge in [0.15, 0.2) is 6.61 Å². The van der Waals surface area contributed by atoms with Crippen LogP contribution in [0.25, 0.3) is 11.1 Å². The first-order chi connectivity index (χ1) is 32.6. The van der Waals surface area contributed by atoms with Crippen LogP contribution >= 0.6 is 11.3 Å². The van der Waals surface area contributed by atoms with Crippen LogP contribution in [0, 0.1) is 0 Å². The Bertz CT molecular complexity index is 2580. The van der Waals surface area contributed by atoms with Crippen LogP contribution in [0.5, 0.6) is 5.75 Å². The van der Waals surface area contributed by atoms with E-state index in [1.165, 1.54) is 11.3 Å². The van der Waals surface area contributed by atoms with E-state index in [2.05, 4.69) is 26.6 Å². The van der Waals surface area contributed by atoms with Crippen LogP contribution in [0.15, 0.2) is 157 Å². The molecular weight excluding hydrogens is 867 g/mol. The Morgan fingerprint density at radius 3 is 1.82 bits per heavy atom. The summed E-state index contributed by atoms with van der Waals surface area (Å²) in [6.45, 7) is -0.422. The molecule has 2 aliphatic heterocycles. The summed E-state index contributed by atoms with van der Waals surface area (Å²) in [5, 5.41) is 26.1. The maximum atomic E-state index is 14.7. The van der Waals surface area contributed by atoms with E-state index in [9.17, 15) is 33.9 Å². The number of amides is 5. The van der Waals surface area contributed by atoms with Crippen LogP contribution in [0.2, 0.25) is 0 Å². The molecule has 0 saturated heterocycles. The van der Waals surface area contributed by atoms with E-state index in [-0.39, 0.29) is 32.1 Å². The Kier molecular flexibility index (Phi) is 16.7. The lowest BCUT2D eigenvalue weighted by atomic mass is 9.99. The molecule has 0 saturated carbocycles. The van der Waals surface area contributed by atoms with Crippen molar-refractivity contribution in [1.29, 1.82) is 0 Å². The molecule has 0 radical (unpaired) electrons. The minimum absolute atomic E-state index is 0.0288. The molecule has 13 nitrogen and oxygen atoms in total. The Morgan fingerprint density at radius 2 is 1.19 bits per heavy atom. The lowest BCUT2D eigenvalue weighted by Crippen LogP contribution is -2.59.